The summed E-state index contributed by atoms with van der Waals surface area (Å²) in [6, 6.07) is 17.5. The Morgan fingerprint density at radius 1 is 1.11 bits per heavy atom. The van der Waals surface area contributed by atoms with Crippen LogP contribution in [0.25, 0.3) is 0 Å². The van der Waals surface area contributed by atoms with Crippen LogP contribution in [0.1, 0.15) is 46.9 Å². The van der Waals surface area contributed by atoms with E-state index in [4.69, 9.17) is 18.9 Å². The summed E-state index contributed by atoms with van der Waals surface area (Å²) in [6.45, 7) is 5.12. The fourth-order valence-corrected chi connectivity index (χ4v) is 4.89. The van der Waals surface area contributed by atoms with Crippen molar-refractivity contribution in [2.24, 2.45) is 0 Å². The smallest absolute Gasteiger partial charge is 0.255 e. The van der Waals surface area contributed by atoms with Gasteiger partial charge in [0, 0.05) is 29.4 Å². The number of ether oxygens (including phenoxy) is 4. The van der Waals surface area contributed by atoms with Gasteiger partial charge in [0.1, 0.15) is 5.75 Å². The van der Waals surface area contributed by atoms with E-state index < -0.39 is 0 Å². The molecule has 0 fully saturated rings. The number of likely N-dealkylation sites (N-methyl/N-ethyl adjacent to an activating group) is 1. The van der Waals surface area contributed by atoms with E-state index in [2.05, 4.69) is 35.5 Å². The molecule has 2 aliphatic rings. The van der Waals surface area contributed by atoms with E-state index in [-0.39, 0.29) is 24.8 Å². The largest absolute Gasteiger partial charge is 0.492 e. The highest BCUT2D eigenvalue weighted by atomic mass is 16.7. The van der Waals surface area contributed by atoms with Gasteiger partial charge in [-0.2, -0.15) is 0 Å². The molecular weight excluding hydrogens is 456 g/mol. The van der Waals surface area contributed by atoms with Crippen molar-refractivity contribution in [3.63, 3.8) is 0 Å². The highest BCUT2D eigenvalue weighted by Crippen LogP contribution is 2.49. The number of methoxy groups -OCH3 is 1. The van der Waals surface area contributed by atoms with Crippen LogP contribution in [-0.2, 0) is 12.8 Å². The molecule has 2 heterocycles. The maximum Gasteiger partial charge on any atom is 0.255 e. The molecule has 0 saturated carbocycles. The van der Waals surface area contributed by atoms with E-state index in [1.165, 1.54) is 11.1 Å². The monoisotopic (exact) mass is 488 g/mol. The number of hydrogen-bond acceptors (Lipinski definition) is 6. The molecule has 0 radical (unpaired) electrons. The first-order chi connectivity index (χ1) is 17.4. The van der Waals surface area contributed by atoms with Crippen LogP contribution < -0.4 is 24.3 Å². The van der Waals surface area contributed by atoms with Crippen LogP contribution in [0.15, 0.2) is 54.6 Å². The van der Waals surface area contributed by atoms with Crippen LogP contribution in [0.4, 0.5) is 5.69 Å². The zero-order chi connectivity index (χ0) is 25.2. The minimum Gasteiger partial charge on any atom is -0.492 e. The molecule has 5 rings (SSSR count). The van der Waals surface area contributed by atoms with E-state index in [0.717, 1.165) is 47.9 Å². The first-order valence-corrected chi connectivity index (χ1v) is 12.3. The highest BCUT2D eigenvalue weighted by Gasteiger charge is 2.33. The summed E-state index contributed by atoms with van der Waals surface area (Å²) >= 11 is 0. The van der Waals surface area contributed by atoms with Gasteiger partial charge in [0.25, 0.3) is 5.91 Å². The first kappa shape index (κ1) is 24.0. The van der Waals surface area contributed by atoms with Crippen molar-refractivity contribution in [1.29, 1.82) is 0 Å². The van der Waals surface area contributed by atoms with E-state index >= 15 is 0 Å². The molecule has 7 nitrogen and oxygen atoms in total. The number of nitrogens with one attached hydrogen (secondary N) is 1. The highest BCUT2D eigenvalue weighted by molar-refractivity contribution is 6.04. The molecule has 188 valence electrons. The molecule has 0 aliphatic carbocycles. The van der Waals surface area contributed by atoms with Crippen LogP contribution in [-0.4, -0.2) is 44.4 Å². The van der Waals surface area contributed by atoms with Gasteiger partial charge in [0.2, 0.25) is 12.5 Å². The molecule has 1 amide bonds. The van der Waals surface area contributed by atoms with Gasteiger partial charge in [0.05, 0.1) is 13.2 Å². The Hall–Kier alpha value is -3.71. The first-order valence-electron chi connectivity index (χ1n) is 12.3. The Kier molecular flexibility index (Phi) is 6.74. The summed E-state index contributed by atoms with van der Waals surface area (Å²) in [6.07, 6.45) is 1.84. The van der Waals surface area contributed by atoms with Crippen molar-refractivity contribution >= 4 is 11.6 Å². The number of benzene rings is 3. The zero-order valence-corrected chi connectivity index (χ0v) is 21.2. The zero-order valence-electron chi connectivity index (χ0n) is 21.2. The Morgan fingerprint density at radius 2 is 1.86 bits per heavy atom. The third kappa shape index (κ3) is 4.84. The van der Waals surface area contributed by atoms with Crippen molar-refractivity contribution in [3.05, 3.63) is 76.9 Å². The molecule has 0 spiro atoms. The molecular formula is C29H32N2O5. The fraction of sp³-hybridized carbons (Fsp3) is 0.345. The number of amides is 1. The molecule has 3 aromatic carbocycles. The van der Waals surface area contributed by atoms with Gasteiger partial charge < -0.3 is 24.3 Å². The number of rotatable bonds is 7. The maximum absolute atomic E-state index is 12.7. The summed E-state index contributed by atoms with van der Waals surface area (Å²) in [5, 5.41) is 2.98. The molecule has 7 heteroatoms. The minimum absolute atomic E-state index is 0.0920. The van der Waals surface area contributed by atoms with Crippen LogP contribution in [0.2, 0.25) is 0 Å². The van der Waals surface area contributed by atoms with Gasteiger partial charge in [-0.15, -0.1) is 0 Å². The predicted molar refractivity (Wildman–Crippen MR) is 138 cm³/mol. The SMILES string of the molecule is COc1c2c(cc3c1[C@H](Cc1ccc(NC(=O)c4ccc(OC(C)C)cc4)cc1)N(C)CC3)OCO2. The van der Waals surface area contributed by atoms with Crippen molar-refractivity contribution in [1.82, 2.24) is 4.90 Å². The van der Waals surface area contributed by atoms with Crippen molar-refractivity contribution in [2.45, 2.75) is 38.8 Å². The molecule has 3 aromatic rings. The Morgan fingerprint density at radius 3 is 2.56 bits per heavy atom. The van der Waals surface area contributed by atoms with Crippen molar-refractivity contribution in [2.75, 3.05) is 32.8 Å². The van der Waals surface area contributed by atoms with Crippen LogP contribution in [0.3, 0.4) is 0 Å². The lowest BCUT2D eigenvalue weighted by atomic mass is 9.87. The average Bonchev–Trinajstić information content (AvgIpc) is 3.34. The summed E-state index contributed by atoms with van der Waals surface area (Å²) in [5.41, 5.74) is 4.92. The summed E-state index contributed by atoms with van der Waals surface area (Å²) in [5.74, 6) is 2.82. The van der Waals surface area contributed by atoms with E-state index in [9.17, 15) is 4.79 Å². The average molecular weight is 489 g/mol. The normalized spacial score (nSPS) is 16.5. The second-order valence-corrected chi connectivity index (χ2v) is 9.51. The number of carbonyl (C=O) groups excluding carboxylic acids is 1. The molecule has 1 atom stereocenters. The molecule has 1 N–H and O–H groups in total. The van der Waals surface area contributed by atoms with E-state index in [0.29, 0.717) is 11.3 Å². The summed E-state index contributed by atoms with van der Waals surface area (Å²) < 4.78 is 22.8. The third-order valence-corrected chi connectivity index (χ3v) is 6.68. The topological polar surface area (TPSA) is 69.3 Å². The predicted octanol–water partition coefficient (Wildman–Crippen LogP) is 5.24. The van der Waals surface area contributed by atoms with Gasteiger partial charge in [-0.25, -0.2) is 0 Å². The number of nitrogens with zero attached hydrogens (tertiary/aromatic N) is 1. The Labute approximate surface area is 211 Å². The van der Waals surface area contributed by atoms with E-state index in [1.54, 1.807) is 19.2 Å². The summed E-state index contributed by atoms with van der Waals surface area (Å²) in [7, 11) is 3.83. The van der Waals surface area contributed by atoms with Crippen LogP contribution in [0, 0.1) is 0 Å². The minimum atomic E-state index is -0.152. The lowest BCUT2D eigenvalue weighted by Crippen LogP contribution is -2.33. The van der Waals surface area contributed by atoms with Gasteiger partial charge in [-0.1, -0.05) is 12.1 Å². The molecule has 0 unspecified atom stereocenters. The number of hydrogen-bond donors (Lipinski definition) is 1. The molecule has 36 heavy (non-hydrogen) atoms. The maximum atomic E-state index is 12.7. The Balaban J connectivity index is 1.30. The van der Waals surface area contributed by atoms with Crippen molar-refractivity contribution in [3.8, 4) is 23.0 Å². The number of carbonyl (C=O) groups is 1. The number of anilines is 1. The second-order valence-electron chi connectivity index (χ2n) is 9.51. The second kappa shape index (κ2) is 10.1. The standard InChI is InChI=1S/C29H32N2O5/c1-18(2)36-23-11-7-20(8-12-23)29(32)30-22-9-5-19(6-10-22)15-24-26-21(13-14-31(24)3)16-25-27(28(26)33-4)35-17-34-25/h5-12,16,18,24H,13-15,17H2,1-4H3,(H,30,32)/t24-/m0/s1. The van der Waals surface area contributed by atoms with Gasteiger partial charge in [0.15, 0.2) is 11.5 Å². The lowest BCUT2D eigenvalue weighted by Gasteiger charge is -2.36. The van der Waals surface area contributed by atoms with E-state index in [1.807, 2.05) is 38.1 Å². The number of fused-ring (bicyclic) bond motifs is 2. The van der Waals surface area contributed by atoms with Gasteiger partial charge >= 0.3 is 0 Å². The van der Waals surface area contributed by atoms with Crippen LogP contribution >= 0.6 is 0 Å². The Bertz CT molecular complexity index is 1240. The molecule has 2 aliphatic heterocycles. The third-order valence-electron chi connectivity index (χ3n) is 6.68. The van der Waals surface area contributed by atoms with Gasteiger partial charge in [-0.05, 0) is 87.3 Å². The quantitative estimate of drug-likeness (QED) is 0.491. The fourth-order valence-electron chi connectivity index (χ4n) is 4.89. The van der Waals surface area contributed by atoms with Crippen LogP contribution in [0.5, 0.6) is 23.0 Å². The van der Waals surface area contributed by atoms with Gasteiger partial charge in [-0.3, -0.25) is 9.69 Å². The molecule has 0 aromatic heterocycles. The molecule has 0 saturated heterocycles. The lowest BCUT2D eigenvalue weighted by molar-refractivity contribution is 0.102. The summed E-state index contributed by atoms with van der Waals surface area (Å²) in [4.78, 5) is 15.1. The molecule has 0 bridgehead atoms. The van der Waals surface area contributed by atoms with Crippen molar-refractivity contribution < 1.29 is 23.7 Å².